The first kappa shape index (κ1) is 26.3. The molecule has 1 saturated heterocycles. The van der Waals surface area contributed by atoms with Crippen LogP contribution < -0.4 is 35.2 Å². The van der Waals surface area contributed by atoms with Gasteiger partial charge in [0.1, 0.15) is 22.9 Å². The van der Waals surface area contributed by atoms with E-state index in [2.05, 4.69) is 47.7 Å². The number of piperazine rings is 1. The first-order valence-electron chi connectivity index (χ1n) is 13.4. The molecule has 2 amide bonds. The lowest BCUT2D eigenvalue weighted by Crippen LogP contribution is -2.44. The number of pyridine rings is 1. The van der Waals surface area contributed by atoms with Gasteiger partial charge in [-0.2, -0.15) is 4.98 Å². The van der Waals surface area contributed by atoms with Crippen molar-refractivity contribution in [3.8, 4) is 11.5 Å². The number of amides is 2. The smallest absolute Gasteiger partial charge is 0.266 e. The summed E-state index contributed by atoms with van der Waals surface area (Å²) in [5.41, 5.74) is 1.99. The standard InChI is InChI=1S/C28H31N9O4/c1-35-11-13-36(14-12-35)20-15-18(5-6-21(20)40-2)31-28-30-16-19-25(34-28)32-23-8-7-22-26(33-23)37(24(38)17-41-22)10-4-3-9-29-27(19)39/h3,5-9,15-16H,4,10-14,17H2,1-2H3,(H,29,39)(H2,30,31,32,33,34)/b9-3-. The second-order valence-corrected chi connectivity index (χ2v) is 9.90. The van der Waals surface area contributed by atoms with Crippen molar-refractivity contribution in [3.05, 3.63) is 54.4 Å². The maximum Gasteiger partial charge on any atom is 0.266 e. The molecule has 0 unspecified atom stereocenters. The lowest BCUT2D eigenvalue weighted by Gasteiger charge is -2.35. The summed E-state index contributed by atoms with van der Waals surface area (Å²) in [4.78, 5) is 45.4. The number of anilines is 6. The van der Waals surface area contributed by atoms with Gasteiger partial charge in [-0.25, -0.2) is 9.97 Å². The van der Waals surface area contributed by atoms with Gasteiger partial charge >= 0.3 is 0 Å². The second kappa shape index (κ2) is 11.3. The number of aromatic nitrogens is 3. The van der Waals surface area contributed by atoms with Gasteiger partial charge in [0.05, 0.1) is 12.8 Å². The number of hydrogen-bond acceptors (Lipinski definition) is 11. The average molecular weight is 558 g/mol. The summed E-state index contributed by atoms with van der Waals surface area (Å²) in [6.07, 6.45) is 5.33. The Balaban J connectivity index is 1.32. The summed E-state index contributed by atoms with van der Waals surface area (Å²) < 4.78 is 11.2. The van der Waals surface area contributed by atoms with Crippen molar-refractivity contribution in [2.24, 2.45) is 0 Å². The van der Waals surface area contributed by atoms with E-state index in [0.717, 1.165) is 43.3 Å². The predicted octanol–water partition coefficient (Wildman–Crippen LogP) is 2.49. The Morgan fingerprint density at radius 1 is 1.05 bits per heavy atom. The van der Waals surface area contributed by atoms with Crippen molar-refractivity contribution >= 4 is 46.6 Å². The Morgan fingerprint density at radius 3 is 2.73 bits per heavy atom. The molecule has 6 rings (SSSR count). The average Bonchev–Trinajstić information content (AvgIpc) is 2.99. The summed E-state index contributed by atoms with van der Waals surface area (Å²) in [5.74, 6) is 2.10. The number of likely N-dealkylation sites (N-methyl/N-ethyl adjacent to an activating group) is 1. The Kier molecular flexibility index (Phi) is 7.25. The van der Waals surface area contributed by atoms with E-state index in [-0.39, 0.29) is 35.8 Å². The lowest BCUT2D eigenvalue weighted by molar-refractivity contribution is -0.121. The van der Waals surface area contributed by atoms with Crippen LogP contribution in [0.4, 0.5) is 34.8 Å². The molecule has 13 heteroatoms. The Hall–Kier alpha value is -4.91. The van der Waals surface area contributed by atoms with Gasteiger partial charge in [0.15, 0.2) is 18.2 Å². The Bertz CT molecular complexity index is 1500. The number of carbonyl (C=O) groups is 2. The Labute approximate surface area is 237 Å². The zero-order valence-corrected chi connectivity index (χ0v) is 22.9. The van der Waals surface area contributed by atoms with E-state index < -0.39 is 0 Å². The molecule has 0 radical (unpaired) electrons. The molecule has 41 heavy (non-hydrogen) atoms. The normalized spacial score (nSPS) is 18.0. The zero-order chi connectivity index (χ0) is 28.3. The number of nitrogens with zero attached hydrogens (tertiary/aromatic N) is 6. The van der Waals surface area contributed by atoms with Crippen LogP contribution in [0.3, 0.4) is 0 Å². The maximum absolute atomic E-state index is 13.0. The van der Waals surface area contributed by atoms with Gasteiger partial charge in [-0.15, -0.1) is 0 Å². The molecule has 5 heterocycles. The maximum atomic E-state index is 13.0. The van der Waals surface area contributed by atoms with Crippen LogP contribution in [0.15, 0.2) is 48.8 Å². The molecule has 1 fully saturated rings. The fourth-order valence-corrected chi connectivity index (χ4v) is 4.89. The van der Waals surface area contributed by atoms with Crippen molar-refractivity contribution in [2.75, 3.05) is 73.9 Å². The van der Waals surface area contributed by atoms with Crippen molar-refractivity contribution in [1.82, 2.24) is 25.2 Å². The van der Waals surface area contributed by atoms with Crippen LogP contribution in [0, 0.1) is 0 Å². The lowest BCUT2D eigenvalue weighted by atomic mass is 10.2. The molecule has 0 saturated carbocycles. The zero-order valence-electron chi connectivity index (χ0n) is 22.9. The van der Waals surface area contributed by atoms with E-state index >= 15 is 0 Å². The van der Waals surface area contributed by atoms with Crippen molar-refractivity contribution in [3.63, 3.8) is 0 Å². The molecule has 0 aliphatic carbocycles. The first-order valence-corrected chi connectivity index (χ1v) is 13.4. The highest BCUT2D eigenvalue weighted by Gasteiger charge is 2.27. The van der Waals surface area contributed by atoms with Gasteiger partial charge in [0.25, 0.3) is 11.8 Å². The van der Waals surface area contributed by atoms with E-state index in [0.29, 0.717) is 30.4 Å². The summed E-state index contributed by atoms with van der Waals surface area (Å²) in [6.45, 7) is 4.06. The number of carbonyl (C=O) groups excluding carboxylic acids is 2. The van der Waals surface area contributed by atoms with Crippen LogP contribution >= 0.6 is 0 Å². The van der Waals surface area contributed by atoms with Crippen LogP contribution in [-0.2, 0) is 4.79 Å². The molecule has 212 valence electrons. The number of rotatable bonds is 4. The third-order valence-electron chi connectivity index (χ3n) is 7.16. The van der Waals surface area contributed by atoms with Crippen LogP contribution in [0.5, 0.6) is 11.5 Å². The third-order valence-corrected chi connectivity index (χ3v) is 7.16. The molecule has 3 aliphatic heterocycles. The molecule has 3 N–H and O–H groups in total. The highest BCUT2D eigenvalue weighted by atomic mass is 16.5. The minimum Gasteiger partial charge on any atom is -0.495 e. The molecule has 2 bridgehead atoms. The molecule has 0 spiro atoms. The molecule has 3 aromatic rings. The van der Waals surface area contributed by atoms with E-state index in [1.807, 2.05) is 18.2 Å². The van der Waals surface area contributed by atoms with E-state index in [1.165, 1.54) is 6.20 Å². The summed E-state index contributed by atoms with van der Waals surface area (Å²) in [5, 5.41) is 9.15. The fraction of sp³-hybridized carbons (Fsp3) is 0.321. The fourth-order valence-electron chi connectivity index (χ4n) is 4.89. The summed E-state index contributed by atoms with van der Waals surface area (Å²) >= 11 is 0. The number of benzene rings is 1. The minimum atomic E-state index is -0.381. The highest BCUT2D eigenvalue weighted by molar-refractivity contribution is 6.00. The minimum absolute atomic E-state index is 0.0467. The summed E-state index contributed by atoms with van der Waals surface area (Å²) in [6, 6.07) is 9.28. The molecule has 3 aliphatic rings. The van der Waals surface area contributed by atoms with E-state index in [1.54, 1.807) is 36.4 Å². The van der Waals surface area contributed by atoms with E-state index in [9.17, 15) is 9.59 Å². The largest absolute Gasteiger partial charge is 0.495 e. The number of methoxy groups -OCH3 is 1. The van der Waals surface area contributed by atoms with Crippen molar-refractivity contribution in [1.29, 1.82) is 0 Å². The molecule has 2 aromatic heterocycles. The molecular formula is C28H31N9O4. The predicted molar refractivity (Wildman–Crippen MR) is 155 cm³/mol. The van der Waals surface area contributed by atoms with Crippen LogP contribution in [0.2, 0.25) is 0 Å². The topological polar surface area (TPSA) is 137 Å². The first-order chi connectivity index (χ1) is 20.0. The SMILES string of the molecule is COc1ccc(Nc2ncc3c(n2)Nc2ccc4c(n2)N(CC/C=C\NC3=O)C(=O)CO4)cc1N1CCN(C)CC1. The van der Waals surface area contributed by atoms with Crippen LogP contribution in [-0.4, -0.2) is 85.2 Å². The quantitative estimate of drug-likeness (QED) is 0.436. The van der Waals surface area contributed by atoms with Crippen molar-refractivity contribution < 1.29 is 19.1 Å². The molecule has 0 atom stereocenters. The van der Waals surface area contributed by atoms with Crippen LogP contribution in [0.1, 0.15) is 16.8 Å². The van der Waals surface area contributed by atoms with Crippen molar-refractivity contribution in [2.45, 2.75) is 6.42 Å². The number of fused-ring (bicyclic) bond motifs is 2. The monoisotopic (exact) mass is 557 g/mol. The van der Waals surface area contributed by atoms with E-state index in [4.69, 9.17) is 9.47 Å². The van der Waals surface area contributed by atoms with Crippen LogP contribution in [0.25, 0.3) is 0 Å². The molecular weight excluding hydrogens is 526 g/mol. The van der Waals surface area contributed by atoms with Gasteiger partial charge in [-0.1, -0.05) is 6.08 Å². The van der Waals surface area contributed by atoms with Gasteiger partial charge in [0, 0.05) is 50.8 Å². The van der Waals surface area contributed by atoms with Gasteiger partial charge in [-0.3, -0.25) is 14.5 Å². The molecule has 13 nitrogen and oxygen atoms in total. The highest BCUT2D eigenvalue weighted by Crippen LogP contribution is 2.34. The summed E-state index contributed by atoms with van der Waals surface area (Å²) in [7, 11) is 3.78. The van der Waals surface area contributed by atoms with Gasteiger partial charge in [0.2, 0.25) is 5.95 Å². The second-order valence-electron chi connectivity index (χ2n) is 9.90. The third kappa shape index (κ3) is 5.57. The number of hydrogen-bond donors (Lipinski definition) is 3. The molecule has 1 aromatic carbocycles. The Morgan fingerprint density at radius 2 is 1.90 bits per heavy atom. The van der Waals surface area contributed by atoms with Gasteiger partial charge in [-0.05, 0) is 43.8 Å². The number of ether oxygens (including phenoxy) is 2. The van der Waals surface area contributed by atoms with Gasteiger partial charge < -0.3 is 35.2 Å². The number of nitrogens with one attached hydrogen (secondary N) is 3.